The standard InChI is InChI=1S/2C12H24O.2C10H20O.2C8H18O2/c1-5-9(2)10-6-7-12(3,4)11(13)8-10;1-5-9(2)11-6-7-12(4,13)10(3)8-11;1-3-4-9-5-6-10(11)8(2)7-9;1-3-4-9-6-5-8(2)10(11)7-9;1-3-4-5-10-7-8(2)6-9;1-3-5-6-10-7-8(9)4-2/h2*9-11,13H,5-8H2,1-4H3;2*8-11H,3-7H2,1-2H3;2*8-9H,3-7H2,1-2H3. The molecule has 15 atom stereocenters. The van der Waals surface area contributed by atoms with Crippen LogP contribution in [0.1, 0.15) is 258 Å². The maximum absolute atomic E-state index is 10.0. The van der Waals surface area contributed by atoms with Crippen LogP contribution in [0.5, 0.6) is 0 Å². The first-order valence-corrected chi connectivity index (χ1v) is 29.2. The van der Waals surface area contributed by atoms with Gasteiger partial charge in [-0.15, -0.1) is 0 Å². The Labute approximate surface area is 424 Å². The lowest BCUT2D eigenvalue weighted by molar-refractivity contribution is -0.0461. The Bertz CT molecular complexity index is 1020. The highest BCUT2D eigenvalue weighted by Crippen LogP contribution is 2.42. The lowest BCUT2D eigenvalue weighted by Gasteiger charge is -2.41. The van der Waals surface area contributed by atoms with Gasteiger partial charge in [0, 0.05) is 25.7 Å². The summed E-state index contributed by atoms with van der Waals surface area (Å²) in [7, 11) is 0. The summed E-state index contributed by atoms with van der Waals surface area (Å²) >= 11 is 0. The minimum atomic E-state index is -0.399. The van der Waals surface area contributed by atoms with Crippen LogP contribution < -0.4 is 0 Å². The molecule has 4 saturated carbocycles. The predicted octanol–water partition coefficient (Wildman–Crippen LogP) is 14.6. The summed E-state index contributed by atoms with van der Waals surface area (Å²) < 4.78 is 10.4. The lowest BCUT2D eigenvalue weighted by Crippen LogP contribution is -2.39. The molecule has 412 valence electrons. The van der Waals surface area contributed by atoms with Crippen molar-refractivity contribution in [1.29, 1.82) is 0 Å². The van der Waals surface area contributed by atoms with Gasteiger partial charge >= 0.3 is 0 Å². The molecule has 8 heteroatoms. The van der Waals surface area contributed by atoms with Gasteiger partial charge in [-0.2, -0.15) is 0 Å². The van der Waals surface area contributed by atoms with E-state index in [2.05, 4.69) is 90.0 Å². The smallest absolute Gasteiger partial charge is 0.0771 e. The van der Waals surface area contributed by atoms with Gasteiger partial charge in [0.25, 0.3) is 0 Å². The van der Waals surface area contributed by atoms with Crippen LogP contribution in [-0.2, 0) is 9.47 Å². The maximum Gasteiger partial charge on any atom is 0.0771 e. The molecule has 0 aromatic rings. The number of hydrogen-bond donors (Lipinski definition) is 6. The summed E-state index contributed by atoms with van der Waals surface area (Å²) in [5, 5.41) is 56.6. The topological polar surface area (TPSA) is 140 Å². The Morgan fingerprint density at radius 2 is 1.06 bits per heavy atom. The zero-order valence-electron chi connectivity index (χ0n) is 48.4. The minimum Gasteiger partial charge on any atom is -0.396 e. The van der Waals surface area contributed by atoms with Gasteiger partial charge in [-0.25, -0.2) is 0 Å². The highest BCUT2D eigenvalue weighted by Gasteiger charge is 2.37. The van der Waals surface area contributed by atoms with Crippen LogP contribution in [0.4, 0.5) is 0 Å². The van der Waals surface area contributed by atoms with E-state index in [1.165, 1.54) is 96.3 Å². The molecule has 0 bridgehead atoms. The first kappa shape index (κ1) is 69.8. The molecular weight excluding hydrogens is 849 g/mol. The molecule has 0 aliphatic heterocycles. The van der Waals surface area contributed by atoms with E-state index in [0.29, 0.717) is 31.0 Å². The molecule has 4 aliphatic carbocycles. The lowest BCUT2D eigenvalue weighted by atomic mass is 9.67. The maximum atomic E-state index is 10.0. The number of aliphatic hydroxyl groups is 6. The molecule has 0 aromatic carbocycles. The summed E-state index contributed by atoms with van der Waals surface area (Å²) in [6.45, 7) is 37.8. The molecule has 0 amide bonds. The van der Waals surface area contributed by atoms with Crippen molar-refractivity contribution in [3.05, 3.63) is 0 Å². The largest absolute Gasteiger partial charge is 0.396 e. The normalized spacial score (nSPS) is 31.7. The molecule has 6 N–H and O–H groups in total. The minimum absolute atomic E-state index is 0.0110. The highest BCUT2D eigenvalue weighted by molar-refractivity contribution is 4.89. The Balaban J connectivity index is 0. The molecule has 0 heterocycles. The molecule has 4 rings (SSSR count). The van der Waals surface area contributed by atoms with Crippen LogP contribution in [0.15, 0.2) is 0 Å². The number of unbranched alkanes of at least 4 members (excludes halogenated alkanes) is 2. The molecule has 8 nitrogen and oxygen atoms in total. The Morgan fingerprint density at radius 3 is 1.50 bits per heavy atom. The van der Waals surface area contributed by atoms with Crippen LogP contribution in [0.3, 0.4) is 0 Å². The van der Waals surface area contributed by atoms with Crippen molar-refractivity contribution in [2.45, 2.75) is 288 Å². The van der Waals surface area contributed by atoms with E-state index in [0.717, 1.165) is 100 Å². The summed E-state index contributed by atoms with van der Waals surface area (Å²) in [4.78, 5) is 0. The van der Waals surface area contributed by atoms with Crippen molar-refractivity contribution in [3.63, 3.8) is 0 Å². The molecule has 0 aromatic heterocycles. The van der Waals surface area contributed by atoms with Gasteiger partial charge < -0.3 is 40.1 Å². The third-order valence-corrected chi connectivity index (χ3v) is 16.9. The Kier molecular flexibility index (Phi) is 42.1. The van der Waals surface area contributed by atoms with E-state index in [1.807, 2.05) is 20.8 Å². The summed E-state index contributed by atoms with van der Waals surface area (Å²) in [5.41, 5.74) is -0.242. The van der Waals surface area contributed by atoms with E-state index in [1.54, 1.807) is 0 Å². The second-order valence-corrected chi connectivity index (χ2v) is 23.8. The second-order valence-electron chi connectivity index (χ2n) is 23.8. The van der Waals surface area contributed by atoms with Crippen LogP contribution in [0, 0.1) is 64.6 Å². The van der Waals surface area contributed by atoms with Gasteiger partial charge in [-0.1, -0.05) is 162 Å². The second kappa shape index (κ2) is 41.1. The van der Waals surface area contributed by atoms with Crippen molar-refractivity contribution in [2.24, 2.45) is 64.6 Å². The molecule has 4 aliphatic rings. The zero-order valence-corrected chi connectivity index (χ0v) is 48.4. The van der Waals surface area contributed by atoms with Crippen LogP contribution in [0.2, 0.25) is 0 Å². The van der Waals surface area contributed by atoms with E-state index >= 15 is 0 Å². The predicted molar refractivity (Wildman–Crippen MR) is 292 cm³/mol. The van der Waals surface area contributed by atoms with Gasteiger partial charge in [-0.05, 0) is 155 Å². The first-order valence-electron chi connectivity index (χ1n) is 29.2. The average Bonchev–Trinajstić information content (AvgIpc) is 3.31. The number of ether oxygens (including phenoxy) is 2. The van der Waals surface area contributed by atoms with Crippen molar-refractivity contribution in [3.8, 4) is 0 Å². The number of aliphatic hydroxyl groups excluding tert-OH is 5. The van der Waals surface area contributed by atoms with Gasteiger partial charge in [-0.3, -0.25) is 0 Å². The summed E-state index contributed by atoms with van der Waals surface area (Å²) in [6.07, 6.45) is 26.8. The van der Waals surface area contributed by atoms with Crippen LogP contribution in [-0.4, -0.2) is 93.7 Å². The van der Waals surface area contributed by atoms with Crippen molar-refractivity contribution in [1.82, 2.24) is 0 Å². The molecule has 0 saturated heterocycles. The highest BCUT2D eigenvalue weighted by atomic mass is 16.5. The molecule has 0 spiro atoms. The number of hydrogen-bond acceptors (Lipinski definition) is 8. The van der Waals surface area contributed by atoms with Gasteiger partial charge in [0.2, 0.25) is 0 Å². The van der Waals surface area contributed by atoms with Gasteiger partial charge in [0.1, 0.15) is 0 Å². The van der Waals surface area contributed by atoms with E-state index in [-0.39, 0.29) is 42.4 Å². The van der Waals surface area contributed by atoms with Crippen LogP contribution >= 0.6 is 0 Å². The van der Waals surface area contributed by atoms with Crippen LogP contribution in [0.25, 0.3) is 0 Å². The average molecular weight is 974 g/mol. The van der Waals surface area contributed by atoms with Gasteiger partial charge in [0.15, 0.2) is 0 Å². The number of rotatable bonds is 20. The third-order valence-electron chi connectivity index (χ3n) is 16.9. The zero-order chi connectivity index (χ0) is 52.3. The van der Waals surface area contributed by atoms with Crippen molar-refractivity contribution < 1.29 is 40.1 Å². The van der Waals surface area contributed by atoms with Crippen molar-refractivity contribution in [2.75, 3.05) is 33.0 Å². The van der Waals surface area contributed by atoms with E-state index in [9.17, 15) is 20.4 Å². The van der Waals surface area contributed by atoms with E-state index in [4.69, 9.17) is 19.7 Å². The summed E-state index contributed by atoms with van der Waals surface area (Å²) in [6, 6.07) is 0. The quantitative estimate of drug-likeness (QED) is 0.0663. The molecule has 0 radical (unpaired) electrons. The summed E-state index contributed by atoms with van der Waals surface area (Å²) in [5.74, 6) is 6.78. The third kappa shape index (κ3) is 32.7. The fourth-order valence-electron chi connectivity index (χ4n) is 10.1. The fraction of sp³-hybridized carbons (Fsp3) is 1.00. The molecular formula is C60H124O8. The Hall–Kier alpha value is -0.320. The van der Waals surface area contributed by atoms with E-state index < -0.39 is 5.60 Å². The van der Waals surface area contributed by atoms with Crippen molar-refractivity contribution >= 4 is 0 Å². The SMILES string of the molecule is CCC(C)C1CCC(C)(C)C(O)C1.CCC(C)C1CCC(C)(O)C(C)C1.CCCC1CCC(C)C(O)C1.CCCC1CCC(O)C(C)C1.CCCCOCC(C)CO.CCCCOCC(O)CC. The molecule has 15 unspecified atom stereocenters. The molecule has 68 heavy (non-hydrogen) atoms. The monoisotopic (exact) mass is 973 g/mol. The molecule has 4 fully saturated rings. The Morgan fingerprint density at radius 1 is 0.559 bits per heavy atom. The fourth-order valence-corrected chi connectivity index (χ4v) is 10.1. The van der Waals surface area contributed by atoms with Gasteiger partial charge in [0.05, 0.1) is 43.2 Å². The first-order chi connectivity index (χ1) is 32.0.